The van der Waals surface area contributed by atoms with E-state index < -0.39 is 0 Å². The van der Waals surface area contributed by atoms with Gasteiger partial charge in [-0.2, -0.15) is 0 Å². The molecule has 0 atom stereocenters. The number of aromatic nitrogens is 2. The van der Waals surface area contributed by atoms with Crippen LogP contribution in [-0.4, -0.2) is 16.5 Å². The number of benzene rings is 1. The lowest BCUT2D eigenvalue weighted by Crippen LogP contribution is -1.99. The lowest BCUT2D eigenvalue weighted by Gasteiger charge is -2.04. The third-order valence-electron chi connectivity index (χ3n) is 3.69. The van der Waals surface area contributed by atoms with Gasteiger partial charge in [0.05, 0.1) is 21.9 Å². The highest BCUT2D eigenvalue weighted by atomic mass is 35.5. The molecule has 0 fully saturated rings. The van der Waals surface area contributed by atoms with E-state index in [0.29, 0.717) is 0 Å². The summed E-state index contributed by atoms with van der Waals surface area (Å²) >= 11 is 6.32. The van der Waals surface area contributed by atoms with Gasteiger partial charge in [-0.1, -0.05) is 29.8 Å². The largest absolute Gasteiger partial charge is 0.352 e. The van der Waals surface area contributed by atoms with Gasteiger partial charge >= 0.3 is 0 Å². The average Bonchev–Trinajstić information content (AvgIpc) is 2.89. The summed E-state index contributed by atoms with van der Waals surface area (Å²) in [6, 6.07) is 12.0. The van der Waals surface area contributed by atoms with Gasteiger partial charge in [0.1, 0.15) is 0 Å². The van der Waals surface area contributed by atoms with E-state index in [1.165, 1.54) is 10.9 Å². The first kappa shape index (κ1) is 14.1. The maximum Gasteiger partial charge on any atom is 0.0867 e. The van der Waals surface area contributed by atoms with E-state index in [9.17, 15) is 0 Å². The van der Waals surface area contributed by atoms with Crippen molar-refractivity contribution in [3.05, 3.63) is 53.2 Å². The third kappa shape index (κ3) is 2.80. The van der Waals surface area contributed by atoms with Crippen molar-refractivity contribution < 1.29 is 0 Å². The molecule has 0 unspecified atom stereocenters. The molecule has 0 spiro atoms. The number of unbranched alkanes of at least 4 members (excludes halogenated alkanes) is 1. The molecule has 0 radical (unpaired) electrons. The minimum absolute atomic E-state index is 0.724. The van der Waals surface area contributed by atoms with E-state index in [4.69, 9.17) is 17.3 Å². The molecule has 0 saturated heterocycles. The van der Waals surface area contributed by atoms with Gasteiger partial charge in [-0.3, -0.25) is 4.98 Å². The zero-order valence-electron chi connectivity index (χ0n) is 11.8. The van der Waals surface area contributed by atoms with Crippen LogP contribution in [0.1, 0.15) is 18.4 Å². The van der Waals surface area contributed by atoms with E-state index in [2.05, 4.69) is 16.0 Å². The number of nitrogens with zero attached hydrogens (tertiary/aromatic N) is 1. The fourth-order valence-electron chi connectivity index (χ4n) is 2.67. The molecule has 0 saturated carbocycles. The summed E-state index contributed by atoms with van der Waals surface area (Å²) in [5, 5.41) is 1.93. The number of aryl methyl sites for hydroxylation is 1. The summed E-state index contributed by atoms with van der Waals surface area (Å²) in [6.45, 7) is 0.724. The Hall–Kier alpha value is -1.84. The molecule has 0 aliphatic heterocycles. The van der Waals surface area contributed by atoms with Gasteiger partial charge < -0.3 is 10.7 Å². The molecule has 0 amide bonds. The molecule has 2 heterocycles. The van der Waals surface area contributed by atoms with Crippen LogP contribution in [-0.2, 0) is 6.42 Å². The molecule has 4 heteroatoms. The second-order valence-electron chi connectivity index (χ2n) is 5.10. The van der Waals surface area contributed by atoms with Gasteiger partial charge in [-0.15, -0.1) is 0 Å². The Labute approximate surface area is 129 Å². The lowest BCUT2D eigenvalue weighted by atomic mass is 10.0. The summed E-state index contributed by atoms with van der Waals surface area (Å²) < 4.78 is 0. The normalized spacial score (nSPS) is 11.1. The van der Waals surface area contributed by atoms with Gasteiger partial charge in [0.15, 0.2) is 0 Å². The molecular formula is C17H18ClN3. The van der Waals surface area contributed by atoms with E-state index >= 15 is 0 Å². The molecule has 3 nitrogen and oxygen atoms in total. The number of pyridine rings is 1. The fourth-order valence-corrected chi connectivity index (χ4v) is 2.89. The van der Waals surface area contributed by atoms with Gasteiger partial charge in [-0.05, 0) is 49.6 Å². The number of nitrogens with one attached hydrogen (secondary N) is 1. The van der Waals surface area contributed by atoms with E-state index in [1.54, 1.807) is 0 Å². The molecule has 3 N–H and O–H groups in total. The summed E-state index contributed by atoms with van der Waals surface area (Å²) in [7, 11) is 0. The Kier molecular flexibility index (Phi) is 4.23. The minimum atomic E-state index is 0.724. The van der Waals surface area contributed by atoms with Gasteiger partial charge in [0.25, 0.3) is 0 Å². The predicted molar refractivity (Wildman–Crippen MR) is 88.5 cm³/mol. The zero-order valence-corrected chi connectivity index (χ0v) is 12.5. The van der Waals surface area contributed by atoms with Crippen LogP contribution in [0, 0.1) is 0 Å². The second-order valence-corrected chi connectivity index (χ2v) is 5.51. The van der Waals surface area contributed by atoms with Crippen LogP contribution in [0.5, 0.6) is 0 Å². The van der Waals surface area contributed by atoms with Gasteiger partial charge in [-0.25, -0.2) is 0 Å². The van der Waals surface area contributed by atoms with Crippen molar-refractivity contribution in [3.8, 4) is 11.4 Å². The average molecular weight is 300 g/mol. The Morgan fingerprint density at radius 1 is 1.10 bits per heavy atom. The van der Waals surface area contributed by atoms with Gasteiger partial charge in [0, 0.05) is 11.6 Å². The van der Waals surface area contributed by atoms with Gasteiger partial charge in [0.2, 0.25) is 0 Å². The molecule has 0 bridgehead atoms. The monoisotopic (exact) mass is 299 g/mol. The molecule has 0 aliphatic carbocycles. The first-order valence-electron chi connectivity index (χ1n) is 7.22. The van der Waals surface area contributed by atoms with Crippen molar-refractivity contribution in [1.82, 2.24) is 9.97 Å². The van der Waals surface area contributed by atoms with Crippen molar-refractivity contribution in [2.75, 3.05) is 6.54 Å². The van der Waals surface area contributed by atoms with E-state index in [-0.39, 0.29) is 0 Å². The van der Waals surface area contributed by atoms with Crippen molar-refractivity contribution in [1.29, 1.82) is 0 Å². The highest BCUT2D eigenvalue weighted by molar-refractivity contribution is 6.35. The molecule has 108 valence electrons. The van der Waals surface area contributed by atoms with Crippen LogP contribution < -0.4 is 5.73 Å². The van der Waals surface area contributed by atoms with E-state index in [0.717, 1.165) is 47.7 Å². The molecule has 2 aromatic heterocycles. The standard InChI is InChI=1S/C17H18ClN3/c18-14-8-5-7-12-13(6-1-3-10-19)17(21-16(12)14)15-9-2-4-11-20-15/h2,4-5,7-9,11,21H,1,3,6,10,19H2. The highest BCUT2D eigenvalue weighted by Crippen LogP contribution is 2.33. The number of rotatable bonds is 5. The molecule has 21 heavy (non-hydrogen) atoms. The number of halogens is 1. The Morgan fingerprint density at radius 2 is 2.00 bits per heavy atom. The number of H-pyrrole nitrogens is 1. The second kappa shape index (κ2) is 6.29. The number of nitrogens with two attached hydrogens (primary N) is 1. The van der Waals surface area contributed by atoms with Crippen molar-refractivity contribution in [2.24, 2.45) is 5.73 Å². The number of fused-ring (bicyclic) bond motifs is 1. The summed E-state index contributed by atoms with van der Waals surface area (Å²) in [6.07, 6.45) is 4.88. The minimum Gasteiger partial charge on any atom is -0.352 e. The first-order chi connectivity index (χ1) is 10.3. The summed E-state index contributed by atoms with van der Waals surface area (Å²) in [5.74, 6) is 0. The maximum atomic E-state index is 6.32. The third-order valence-corrected chi connectivity index (χ3v) is 4.01. The van der Waals surface area contributed by atoms with Crippen molar-refractivity contribution in [2.45, 2.75) is 19.3 Å². The topological polar surface area (TPSA) is 54.7 Å². The van der Waals surface area contributed by atoms with Crippen LogP contribution >= 0.6 is 11.6 Å². The lowest BCUT2D eigenvalue weighted by molar-refractivity contribution is 0.748. The molecule has 1 aromatic carbocycles. The van der Waals surface area contributed by atoms with Crippen molar-refractivity contribution >= 4 is 22.5 Å². The summed E-state index contributed by atoms with van der Waals surface area (Å²) in [4.78, 5) is 7.91. The maximum absolute atomic E-state index is 6.32. The summed E-state index contributed by atoms with van der Waals surface area (Å²) in [5.41, 5.74) is 9.90. The Bertz CT molecular complexity index is 734. The first-order valence-corrected chi connectivity index (χ1v) is 7.59. The van der Waals surface area contributed by atoms with Crippen molar-refractivity contribution in [3.63, 3.8) is 0 Å². The fraction of sp³-hybridized carbons (Fsp3) is 0.235. The Balaban J connectivity index is 2.13. The van der Waals surface area contributed by atoms with E-state index in [1.807, 2.05) is 36.5 Å². The number of para-hydroxylation sites is 1. The molecule has 0 aliphatic rings. The number of hydrogen-bond donors (Lipinski definition) is 2. The Morgan fingerprint density at radius 3 is 2.76 bits per heavy atom. The number of hydrogen-bond acceptors (Lipinski definition) is 2. The molecule has 3 rings (SSSR count). The quantitative estimate of drug-likeness (QED) is 0.695. The highest BCUT2D eigenvalue weighted by Gasteiger charge is 2.15. The molecular weight excluding hydrogens is 282 g/mol. The number of aromatic amines is 1. The predicted octanol–water partition coefficient (Wildman–Crippen LogP) is 4.16. The smallest absolute Gasteiger partial charge is 0.0867 e. The molecule has 3 aromatic rings. The van der Waals surface area contributed by atoms with Crippen LogP contribution in [0.2, 0.25) is 5.02 Å². The van der Waals surface area contributed by atoms with Crippen LogP contribution in [0.3, 0.4) is 0 Å². The van der Waals surface area contributed by atoms with Crippen LogP contribution in [0.25, 0.3) is 22.3 Å². The SMILES string of the molecule is NCCCCc1c(-c2ccccn2)[nH]c2c(Cl)cccc12. The van der Waals surface area contributed by atoms with Crippen LogP contribution in [0.4, 0.5) is 0 Å². The van der Waals surface area contributed by atoms with Crippen LogP contribution in [0.15, 0.2) is 42.6 Å². The zero-order chi connectivity index (χ0) is 14.7.